The minimum Gasteiger partial charge on any atom is -0.480 e. The van der Waals surface area contributed by atoms with Crippen LogP contribution in [0.5, 0.6) is 0 Å². The fraction of sp³-hybridized carbons (Fsp3) is 0.528. The summed E-state index contributed by atoms with van der Waals surface area (Å²) in [7, 11) is 0. The Morgan fingerprint density at radius 1 is 0.840 bits per heavy atom. The first kappa shape index (κ1) is 40.7. The van der Waals surface area contributed by atoms with E-state index in [9.17, 15) is 29.1 Å². The van der Waals surface area contributed by atoms with Gasteiger partial charge >= 0.3 is 5.97 Å². The summed E-state index contributed by atoms with van der Waals surface area (Å²) in [6.07, 6.45) is 5.73. The molecule has 1 atom stereocenters. The quantitative estimate of drug-likeness (QED) is 0.103. The predicted octanol–water partition coefficient (Wildman–Crippen LogP) is 5.15. The number of halogens is 2. The van der Waals surface area contributed by atoms with E-state index in [1.54, 1.807) is 42.5 Å². The second kappa shape index (κ2) is 21.5. The van der Waals surface area contributed by atoms with Crippen molar-refractivity contribution in [2.24, 2.45) is 5.41 Å². The number of rotatable bonds is 22. The second-order valence-corrected chi connectivity index (χ2v) is 13.1. The highest BCUT2D eigenvalue weighted by Gasteiger charge is 2.42. The van der Waals surface area contributed by atoms with Crippen molar-refractivity contribution in [1.29, 1.82) is 0 Å². The van der Waals surface area contributed by atoms with Crippen LogP contribution in [-0.4, -0.2) is 80.3 Å². The van der Waals surface area contributed by atoms with E-state index in [1.807, 2.05) is 0 Å². The average Bonchev–Trinajstić information content (AvgIpc) is 3.56. The molecule has 5 N–H and O–H groups in total. The third-order valence-corrected chi connectivity index (χ3v) is 9.21. The molecule has 1 aliphatic carbocycles. The van der Waals surface area contributed by atoms with E-state index in [2.05, 4.69) is 28.2 Å². The van der Waals surface area contributed by atoms with E-state index < -0.39 is 23.3 Å². The van der Waals surface area contributed by atoms with E-state index in [1.165, 1.54) is 0 Å². The van der Waals surface area contributed by atoms with Crippen LogP contribution in [0, 0.1) is 5.41 Å². The first-order valence-electron chi connectivity index (χ1n) is 17.1. The number of hydrogen-bond acceptors (Lipinski definition) is 7. The molecule has 0 radical (unpaired) electrons. The van der Waals surface area contributed by atoms with Gasteiger partial charge in [-0.3, -0.25) is 19.2 Å². The van der Waals surface area contributed by atoms with Gasteiger partial charge in [0.1, 0.15) is 6.04 Å². The van der Waals surface area contributed by atoms with Gasteiger partial charge in [0.15, 0.2) is 0 Å². The Labute approximate surface area is 303 Å². The van der Waals surface area contributed by atoms with E-state index in [0.717, 1.165) is 25.7 Å². The Morgan fingerprint density at radius 2 is 1.42 bits per heavy atom. The molecule has 3 rings (SSSR count). The van der Waals surface area contributed by atoms with Gasteiger partial charge in [-0.25, -0.2) is 4.79 Å². The van der Waals surface area contributed by atoms with Crippen LogP contribution in [0.15, 0.2) is 42.5 Å². The van der Waals surface area contributed by atoms with Crippen LogP contribution in [0.3, 0.4) is 0 Å². The van der Waals surface area contributed by atoms with Gasteiger partial charge in [0.25, 0.3) is 5.91 Å². The van der Waals surface area contributed by atoms with E-state index in [4.69, 9.17) is 32.7 Å². The predicted molar refractivity (Wildman–Crippen MR) is 191 cm³/mol. The Morgan fingerprint density at radius 3 is 1.98 bits per heavy atom. The van der Waals surface area contributed by atoms with Crippen LogP contribution in [0.1, 0.15) is 80.6 Å². The van der Waals surface area contributed by atoms with Crippen molar-refractivity contribution < 1.29 is 38.6 Å². The normalized spacial score (nSPS) is 14.1. The molecule has 50 heavy (non-hydrogen) atoms. The highest BCUT2D eigenvalue weighted by molar-refractivity contribution is 6.40. The summed E-state index contributed by atoms with van der Waals surface area (Å²) in [6, 6.07) is 10.2. The van der Waals surface area contributed by atoms with Gasteiger partial charge < -0.3 is 35.8 Å². The molecule has 0 spiro atoms. The van der Waals surface area contributed by atoms with Crippen molar-refractivity contribution in [2.45, 2.75) is 77.2 Å². The Kier molecular flexibility index (Phi) is 17.5. The number of carboxylic acids is 1. The van der Waals surface area contributed by atoms with E-state index >= 15 is 0 Å². The first-order chi connectivity index (χ1) is 24.0. The molecule has 0 aromatic heterocycles. The Balaban J connectivity index is 1.39. The van der Waals surface area contributed by atoms with Crippen LogP contribution in [0.4, 0.5) is 5.69 Å². The molecule has 1 saturated carbocycles. The van der Waals surface area contributed by atoms with Gasteiger partial charge in [0.2, 0.25) is 17.7 Å². The number of amides is 4. The molecule has 0 bridgehead atoms. The average molecular weight is 736 g/mol. The van der Waals surface area contributed by atoms with Crippen molar-refractivity contribution in [1.82, 2.24) is 16.0 Å². The lowest BCUT2D eigenvalue weighted by molar-refractivity contribution is -0.144. The van der Waals surface area contributed by atoms with E-state index in [0.29, 0.717) is 63.3 Å². The highest BCUT2D eigenvalue weighted by Crippen LogP contribution is 2.41. The Bertz CT molecular complexity index is 1410. The molecule has 1 aliphatic rings. The minimum absolute atomic E-state index is 0.0390. The standard InChI is InChI=1S/C36H48Cl2N4O8/c1-2-3-18-39-30(43)13-20-49-22-23-50-21-14-31(44)40-19-17-36(15-4-5-16-36)35(48)42-29(34(46)47)24-25-9-11-26(12-10-25)41-33(45)32-27(37)7-6-8-28(32)38/h6-12,29H,2-5,13-24H2,1H3,(H,39,43)(H,40,44)(H,41,45)(H,42,48)(H,46,47)/t29-/m0/s1. The monoisotopic (exact) mass is 734 g/mol. The summed E-state index contributed by atoms with van der Waals surface area (Å²) in [5.41, 5.74) is 0.500. The van der Waals surface area contributed by atoms with Crippen molar-refractivity contribution in [3.05, 3.63) is 63.6 Å². The number of carboxylic acid groups (broad SMARTS) is 1. The molecule has 14 heteroatoms. The zero-order valence-corrected chi connectivity index (χ0v) is 30.0. The number of anilines is 1. The highest BCUT2D eigenvalue weighted by atomic mass is 35.5. The number of carbonyl (C=O) groups is 5. The van der Waals surface area contributed by atoms with Crippen LogP contribution < -0.4 is 21.3 Å². The summed E-state index contributed by atoms with van der Waals surface area (Å²) in [5, 5.41) is 21.5. The molecule has 2 aromatic rings. The maximum atomic E-state index is 13.5. The smallest absolute Gasteiger partial charge is 0.326 e. The number of carbonyl (C=O) groups excluding carboxylic acids is 4. The second-order valence-electron chi connectivity index (χ2n) is 12.3. The lowest BCUT2D eigenvalue weighted by Crippen LogP contribution is -2.49. The van der Waals surface area contributed by atoms with Crippen molar-refractivity contribution in [3.63, 3.8) is 0 Å². The number of unbranched alkanes of at least 4 members (excludes halogenated alkanes) is 1. The van der Waals surface area contributed by atoms with Crippen molar-refractivity contribution >= 4 is 58.5 Å². The zero-order valence-electron chi connectivity index (χ0n) is 28.5. The van der Waals surface area contributed by atoms with Gasteiger partial charge in [-0.05, 0) is 55.5 Å². The maximum Gasteiger partial charge on any atom is 0.326 e. The fourth-order valence-electron chi connectivity index (χ4n) is 5.70. The number of aliphatic carboxylic acids is 1. The topological polar surface area (TPSA) is 172 Å². The summed E-state index contributed by atoms with van der Waals surface area (Å²) in [5.74, 6) is -2.22. The molecule has 0 aliphatic heterocycles. The van der Waals surface area contributed by atoms with Crippen LogP contribution in [0.25, 0.3) is 0 Å². The van der Waals surface area contributed by atoms with Gasteiger partial charge in [-0.1, -0.05) is 67.6 Å². The number of benzene rings is 2. The SMILES string of the molecule is CCCCNC(=O)CCOCCOCCC(=O)NCCC1(C(=O)N[C@@H](Cc2ccc(NC(=O)c3c(Cl)cccc3Cl)cc2)C(=O)O)CCCC1. The molecular weight excluding hydrogens is 687 g/mol. The molecule has 0 heterocycles. The minimum atomic E-state index is -1.17. The summed E-state index contributed by atoms with van der Waals surface area (Å²) < 4.78 is 10.9. The number of nitrogens with one attached hydrogen (secondary N) is 4. The summed E-state index contributed by atoms with van der Waals surface area (Å²) in [6.45, 7) is 4.15. The van der Waals surface area contributed by atoms with Crippen LogP contribution in [-0.2, 0) is 35.1 Å². The number of ether oxygens (including phenoxy) is 2. The lowest BCUT2D eigenvalue weighted by Gasteiger charge is -2.29. The molecule has 0 unspecified atom stereocenters. The lowest BCUT2D eigenvalue weighted by atomic mass is 9.81. The third kappa shape index (κ3) is 13.5. The molecule has 2 aromatic carbocycles. The van der Waals surface area contributed by atoms with Gasteiger partial charge in [-0.2, -0.15) is 0 Å². The summed E-state index contributed by atoms with van der Waals surface area (Å²) >= 11 is 12.3. The van der Waals surface area contributed by atoms with Gasteiger partial charge in [0.05, 0.1) is 47.5 Å². The molecular formula is C36H48Cl2N4O8. The largest absolute Gasteiger partial charge is 0.480 e. The van der Waals surface area contributed by atoms with Gasteiger partial charge in [0, 0.05) is 38.0 Å². The Hall–Kier alpha value is -3.71. The van der Waals surface area contributed by atoms with Crippen molar-refractivity contribution in [2.75, 3.05) is 44.8 Å². The van der Waals surface area contributed by atoms with E-state index in [-0.39, 0.29) is 59.3 Å². The summed E-state index contributed by atoms with van der Waals surface area (Å²) in [4.78, 5) is 62.4. The third-order valence-electron chi connectivity index (χ3n) is 8.58. The molecule has 274 valence electrons. The van der Waals surface area contributed by atoms with Crippen LogP contribution in [0.2, 0.25) is 10.0 Å². The van der Waals surface area contributed by atoms with Crippen LogP contribution >= 0.6 is 23.2 Å². The molecule has 12 nitrogen and oxygen atoms in total. The zero-order chi connectivity index (χ0) is 36.4. The van der Waals surface area contributed by atoms with Gasteiger partial charge in [-0.15, -0.1) is 0 Å². The molecule has 1 fully saturated rings. The van der Waals surface area contributed by atoms with Crippen molar-refractivity contribution in [3.8, 4) is 0 Å². The molecule has 0 saturated heterocycles. The number of hydrogen-bond donors (Lipinski definition) is 5. The molecule has 4 amide bonds. The first-order valence-corrected chi connectivity index (χ1v) is 17.9. The maximum absolute atomic E-state index is 13.5. The fourth-order valence-corrected chi connectivity index (χ4v) is 6.27.